The fourth-order valence-electron chi connectivity index (χ4n) is 3.84. The number of hydrogen-bond acceptors (Lipinski definition) is 5. The number of thiazole rings is 1. The van der Waals surface area contributed by atoms with Crippen molar-refractivity contribution in [3.8, 4) is 5.75 Å². The van der Waals surface area contributed by atoms with E-state index in [1.165, 1.54) is 5.56 Å². The summed E-state index contributed by atoms with van der Waals surface area (Å²) in [5.74, 6) is 0.665. The van der Waals surface area contributed by atoms with Crippen molar-refractivity contribution >= 4 is 29.2 Å². The van der Waals surface area contributed by atoms with Gasteiger partial charge in [-0.3, -0.25) is 9.59 Å². The summed E-state index contributed by atoms with van der Waals surface area (Å²) in [5, 5.41) is 3.00. The molecule has 0 unspecified atom stereocenters. The Bertz CT molecular complexity index is 1160. The number of carbonyl (C=O) groups is 2. The lowest BCUT2D eigenvalue weighted by atomic mass is 10.1. The number of carbonyl (C=O) groups excluding carboxylic acids is 2. The number of para-hydroxylation sites is 1. The molecule has 0 saturated carbocycles. The number of aromatic nitrogens is 1. The Morgan fingerprint density at radius 1 is 1.03 bits per heavy atom. The van der Waals surface area contributed by atoms with Gasteiger partial charge in [0.05, 0.1) is 10.7 Å². The summed E-state index contributed by atoms with van der Waals surface area (Å²) in [6.45, 7) is 6.54. The van der Waals surface area contributed by atoms with Crippen LogP contribution in [0.15, 0.2) is 60.0 Å². The van der Waals surface area contributed by atoms with Crippen LogP contribution in [0.5, 0.6) is 5.75 Å². The summed E-state index contributed by atoms with van der Waals surface area (Å²) in [5.41, 5.74) is 3.64. The molecule has 1 aliphatic rings. The number of amides is 2. The molecule has 7 heteroatoms. The standard InChI is InChI=1S/C27H29N3O3S/c1-3-21-8-10-23(11-9-21)27(32)30-16-14-29(15-17-30)26(31)13-12-22-6-4-5-7-25(22)33-18-24-19-34-20(2)28-24/h4-13,19H,3,14-18H2,1-2H3/b13-12+. The molecule has 0 bridgehead atoms. The van der Waals surface area contributed by atoms with Gasteiger partial charge in [0.15, 0.2) is 0 Å². The lowest BCUT2D eigenvalue weighted by Crippen LogP contribution is -2.50. The van der Waals surface area contributed by atoms with Crippen LogP contribution in [0, 0.1) is 6.92 Å². The number of benzene rings is 2. The third-order valence-electron chi connectivity index (χ3n) is 5.85. The van der Waals surface area contributed by atoms with Crippen molar-refractivity contribution in [2.45, 2.75) is 26.9 Å². The van der Waals surface area contributed by atoms with E-state index in [0.717, 1.165) is 22.7 Å². The Morgan fingerprint density at radius 3 is 2.41 bits per heavy atom. The van der Waals surface area contributed by atoms with Crippen molar-refractivity contribution in [1.82, 2.24) is 14.8 Å². The van der Waals surface area contributed by atoms with Crippen LogP contribution in [0.1, 0.15) is 39.1 Å². The van der Waals surface area contributed by atoms with Gasteiger partial charge in [-0.15, -0.1) is 11.3 Å². The maximum Gasteiger partial charge on any atom is 0.253 e. The zero-order valence-electron chi connectivity index (χ0n) is 19.6. The molecule has 34 heavy (non-hydrogen) atoms. The topological polar surface area (TPSA) is 62.7 Å². The molecule has 6 nitrogen and oxygen atoms in total. The molecular weight excluding hydrogens is 446 g/mol. The van der Waals surface area contributed by atoms with E-state index >= 15 is 0 Å². The van der Waals surface area contributed by atoms with Gasteiger partial charge >= 0.3 is 0 Å². The summed E-state index contributed by atoms with van der Waals surface area (Å²) in [6, 6.07) is 15.4. The van der Waals surface area contributed by atoms with Crippen molar-refractivity contribution < 1.29 is 14.3 Å². The van der Waals surface area contributed by atoms with Gasteiger partial charge in [0.25, 0.3) is 5.91 Å². The van der Waals surface area contributed by atoms with Gasteiger partial charge in [-0.25, -0.2) is 4.98 Å². The van der Waals surface area contributed by atoms with Crippen LogP contribution in [0.4, 0.5) is 0 Å². The molecule has 0 aliphatic carbocycles. The fraction of sp³-hybridized carbons (Fsp3) is 0.296. The number of aryl methyl sites for hydroxylation is 2. The highest BCUT2D eigenvalue weighted by atomic mass is 32.1. The average Bonchev–Trinajstić information content (AvgIpc) is 3.31. The van der Waals surface area contributed by atoms with Gasteiger partial charge in [0.1, 0.15) is 12.4 Å². The van der Waals surface area contributed by atoms with Gasteiger partial charge in [0.2, 0.25) is 5.91 Å². The molecule has 0 N–H and O–H groups in total. The highest BCUT2D eigenvalue weighted by molar-refractivity contribution is 7.09. The van der Waals surface area contributed by atoms with Gasteiger partial charge in [-0.1, -0.05) is 37.3 Å². The minimum absolute atomic E-state index is 0.0201. The van der Waals surface area contributed by atoms with E-state index in [1.807, 2.05) is 65.7 Å². The summed E-state index contributed by atoms with van der Waals surface area (Å²) in [4.78, 5) is 33.6. The Hall–Kier alpha value is -3.45. The molecule has 2 amide bonds. The quantitative estimate of drug-likeness (QED) is 0.469. The predicted molar refractivity (Wildman–Crippen MR) is 135 cm³/mol. The first-order valence-electron chi connectivity index (χ1n) is 11.5. The van der Waals surface area contributed by atoms with E-state index in [9.17, 15) is 9.59 Å². The third kappa shape index (κ3) is 5.91. The van der Waals surface area contributed by atoms with E-state index in [4.69, 9.17) is 4.74 Å². The lowest BCUT2D eigenvalue weighted by Gasteiger charge is -2.34. The maximum atomic E-state index is 12.8. The Kier molecular flexibility index (Phi) is 7.75. The minimum atomic E-state index is -0.0654. The normalized spacial score (nSPS) is 13.9. The van der Waals surface area contributed by atoms with Crippen LogP contribution >= 0.6 is 11.3 Å². The molecule has 2 aromatic carbocycles. The van der Waals surface area contributed by atoms with Crippen molar-refractivity contribution in [3.63, 3.8) is 0 Å². The summed E-state index contributed by atoms with van der Waals surface area (Å²) in [7, 11) is 0. The molecule has 1 saturated heterocycles. The molecule has 4 rings (SSSR count). The van der Waals surface area contributed by atoms with Crippen molar-refractivity contribution in [1.29, 1.82) is 0 Å². The van der Waals surface area contributed by atoms with E-state index in [0.29, 0.717) is 44.1 Å². The lowest BCUT2D eigenvalue weighted by molar-refractivity contribution is -0.127. The second-order valence-corrected chi connectivity index (χ2v) is 9.25. The van der Waals surface area contributed by atoms with Crippen LogP contribution < -0.4 is 4.74 Å². The first kappa shape index (κ1) is 23.7. The molecular formula is C27H29N3O3S. The largest absolute Gasteiger partial charge is 0.487 e. The molecule has 176 valence electrons. The summed E-state index contributed by atoms with van der Waals surface area (Å²) < 4.78 is 5.94. The monoisotopic (exact) mass is 475 g/mol. The first-order valence-corrected chi connectivity index (χ1v) is 12.4. The summed E-state index contributed by atoms with van der Waals surface area (Å²) in [6.07, 6.45) is 4.32. The summed E-state index contributed by atoms with van der Waals surface area (Å²) >= 11 is 1.60. The molecule has 1 aromatic heterocycles. The van der Waals surface area contributed by atoms with Crippen molar-refractivity contribution in [2.75, 3.05) is 26.2 Å². The predicted octanol–water partition coefficient (Wildman–Crippen LogP) is 4.59. The second kappa shape index (κ2) is 11.1. The average molecular weight is 476 g/mol. The van der Waals surface area contributed by atoms with Gasteiger partial charge in [0, 0.05) is 48.8 Å². The van der Waals surface area contributed by atoms with E-state index in [2.05, 4.69) is 11.9 Å². The van der Waals surface area contributed by atoms with E-state index in [1.54, 1.807) is 28.4 Å². The fourth-order valence-corrected chi connectivity index (χ4v) is 4.44. The highest BCUT2D eigenvalue weighted by Gasteiger charge is 2.24. The zero-order valence-corrected chi connectivity index (χ0v) is 20.4. The zero-order chi connectivity index (χ0) is 23.9. The van der Waals surface area contributed by atoms with Crippen LogP contribution in [0.2, 0.25) is 0 Å². The molecule has 1 fully saturated rings. The van der Waals surface area contributed by atoms with Crippen molar-refractivity contribution in [2.24, 2.45) is 0 Å². The molecule has 0 radical (unpaired) electrons. The molecule has 1 aliphatic heterocycles. The maximum absolute atomic E-state index is 12.8. The molecule has 0 atom stereocenters. The minimum Gasteiger partial charge on any atom is -0.487 e. The first-order chi connectivity index (χ1) is 16.5. The number of hydrogen-bond donors (Lipinski definition) is 0. The third-order valence-corrected chi connectivity index (χ3v) is 6.68. The van der Waals surface area contributed by atoms with Crippen LogP contribution in [0.3, 0.4) is 0 Å². The van der Waals surface area contributed by atoms with E-state index < -0.39 is 0 Å². The van der Waals surface area contributed by atoms with Crippen LogP contribution in [0.25, 0.3) is 6.08 Å². The van der Waals surface area contributed by atoms with Gasteiger partial charge < -0.3 is 14.5 Å². The Balaban J connectivity index is 1.31. The van der Waals surface area contributed by atoms with Crippen LogP contribution in [-0.4, -0.2) is 52.8 Å². The molecule has 2 heterocycles. The second-order valence-electron chi connectivity index (χ2n) is 8.19. The number of nitrogens with zero attached hydrogens (tertiary/aromatic N) is 3. The smallest absolute Gasteiger partial charge is 0.253 e. The van der Waals surface area contributed by atoms with Crippen LogP contribution in [-0.2, 0) is 17.8 Å². The number of piperazine rings is 1. The molecule has 3 aromatic rings. The number of rotatable bonds is 7. The van der Waals surface area contributed by atoms with Gasteiger partial charge in [-0.2, -0.15) is 0 Å². The van der Waals surface area contributed by atoms with Crippen molar-refractivity contribution in [3.05, 3.63) is 87.4 Å². The SMILES string of the molecule is CCc1ccc(C(=O)N2CCN(C(=O)/C=C/c3ccccc3OCc3csc(C)n3)CC2)cc1. The Labute approximate surface area is 204 Å². The number of ether oxygens (including phenoxy) is 1. The van der Waals surface area contributed by atoms with Gasteiger partial charge in [-0.05, 0) is 43.2 Å². The molecule has 0 spiro atoms. The highest BCUT2D eigenvalue weighted by Crippen LogP contribution is 2.21. The Morgan fingerprint density at radius 2 is 1.74 bits per heavy atom. The van der Waals surface area contributed by atoms with E-state index in [-0.39, 0.29) is 11.8 Å².